The van der Waals surface area contributed by atoms with Gasteiger partial charge >= 0.3 is 0 Å². The number of fused-ring (bicyclic) bond motifs is 4. The van der Waals surface area contributed by atoms with Gasteiger partial charge < -0.3 is 10.1 Å². The van der Waals surface area contributed by atoms with Crippen LogP contribution in [-0.2, 0) is 12.8 Å². The number of rotatable bonds is 0. The molecule has 20 heavy (non-hydrogen) atoms. The standard InChI is InChI=1S/C17H13NO2/c19-11-7-5-10-6-8-13-16(14(10)9-11)18-15-4-2-1-3-12(15)17(13)20/h1-5,7,9,19H,6,8H2,(H,18,20). The van der Waals surface area contributed by atoms with Crippen molar-refractivity contribution in [2.75, 3.05) is 0 Å². The maximum Gasteiger partial charge on any atom is 0.193 e. The van der Waals surface area contributed by atoms with Crippen molar-refractivity contribution in [2.24, 2.45) is 0 Å². The van der Waals surface area contributed by atoms with Gasteiger partial charge in [0.2, 0.25) is 0 Å². The molecule has 1 aromatic heterocycles. The van der Waals surface area contributed by atoms with Crippen LogP contribution in [0.3, 0.4) is 0 Å². The van der Waals surface area contributed by atoms with Crippen molar-refractivity contribution < 1.29 is 5.11 Å². The van der Waals surface area contributed by atoms with Crippen molar-refractivity contribution in [3.05, 3.63) is 63.8 Å². The predicted octanol–water partition coefficient (Wildman–Crippen LogP) is 3.00. The monoisotopic (exact) mass is 263 g/mol. The minimum Gasteiger partial charge on any atom is -0.508 e. The Kier molecular flexibility index (Phi) is 2.24. The molecule has 98 valence electrons. The molecular formula is C17H13NO2. The van der Waals surface area contributed by atoms with E-state index >= 15 is 0 Å². The highest BCUT2D eigenvalue weighted by molar-refractivity contribution is 5.84. The molecule has 1 aliphatic carbocycles. The molecule has 1 aliphatic rings. The maximum absolute atomic E-state index is 12.6. The van der Waals surface area contributed by atoms with Crippen LogP contribution < -0.4 is 5.43 Å². The van der Waals surface area contributed by atoms with Gasteiger partial charge in [-0.2, -0.15) is 0 Å². The third-order valence-electron chi connectivity index (χ3n) is 4.01. The molecule has 0 saturated heterocycles. The van der Waals surface area contributed by atoms with Gasteiger partial charge in [0.25, 0.3) is 0 Å². The Balaban J connectivity index is 2.13. The van der Waals surface area contributed by atoms with Gasteiger partial charge in [-0.15, -0.1) is 0 Å². The molecule has 4 rings (SSSR count). The molecule has 0 aliphatic heterocycles. The van der Waals surface area contributed by atoms with Gasteiger partial charge in [0.1, 0.15) is 5.75 Å². The lowest BCUT2D eigenvalue weighted by molar-refractivity contribution is 0.475. The number of phenolic OH excluding ortho intramolecular Hbond substituents is 1. The first-order valence-corrected chi connectivity index (χ1v) is 6.70. The van der Waals surface area contributed by atoms with Crippen LogP contribution in [0.2, 0.25) is 0 Å². The average Bonchev–Trinajstić information content (AvgIpc) is 2.47. The highest BCUT2D eigenvalue weighted by Crippen LogP contribution is 2.33. The van der Waals surface area contributed by atoms with Gasteiger partial charge in [-0.25, -0.2) is 0 Å². The SMILES string of the molecule is O=c1c2c([nH]c3ccccc13)-c1cc(O)ccc1CC2. The lowest BCUT2D eigenvalue weighted by Crippen LogP contribution is -2.17. The fourth-order valence-electron chi connectivity index (χ4n) is 3.02. The van der Waals surface area contributed by atoms with Crippen LogP contribution in [0.5, 0.6) is 5.75 Å². The second kappa shape index (κ2) is 3.97. The van der Waals surface area contributed by atoms with E-state index in [1.807, 2.05) is 30.3 Å². The third kappa shape index (κ3) is 1.50. The first-order chi connectivity index (χ1) is 9.74. The largest absolute Gasteiger partial charge is 0.508 e. The summed E-state index contributed by atoms with van der Waals surface area (Å²) in [5.74, 6) is 0.227. The third-order valence-corrected chi connectivity index (χ3v) is 4.01. The number of para-hydroxylation sites is 1. The van der Waals surface area contributed by atoms with Gasteiger partial charge in [0, 0.05) is 22.0 Å². The molecule has 1 heterocycles. The molecule has 0 radical (unpaired) electrons. The summed E-state index contributed by atoms with van der Waals surface area (Å²) in [7, 11) is 0. The van der Waals surface area contributed by atoms with Gasteiger partial charge in [-0.1, -0.05) is 18.2 Å². The second-order valence-electron chi connectivity index (χ2n) is 5.19. The quantitative estimate of drug-likeness (QED) is 0.655. The van der Waals surface area contributed by atoms with E-state index in [1.54, 1.807) is 12.1 Å². The van der Waals surface area contributed by atoms with Crippen molar-refractivity contribution in [2.45, 2.75) is 12.8 Å². The Morgan fingerprint density at radius 1 is 1.05 bits per heavy atom. The van der Waals surface area contributed by atoms with Crippen LogP contribution in [0.4, 0.5) is 0 Å². The summed E-state index contributed by atoms with van der Waals surface area (Å²) in [4.78, 5) is 15.9. The second-order valence-corrected chi connectivity index (χ2v) is 5.19. The molecule has 0 bridgehead atoms. The van der Waals surface area contributed by atoms with Crippen LogP contribution in [0.1, 0.15) is 11.1 Å². The molecule has 2 N–H and O–H groups in total. The van der Waals surface area contributed by atoms with Crippen LogP contribution >= 0.6 is 0 Å². The summed E-state index contributed by atoms with van der Waals surface area (Å²) in [5, 5.41) is 10.4. The molecule has 3 nitrogen and oxygen atoms in total. The number of nitrogens with one attached hydrogen (secondary N) is 1. The van der Waals surface area contributed by atoms with Crippen molar-refractivity contribution >= 4 is 10.9 Å². The van der Waals surface area contributed by atoms with Crippen molar-refractivity contribution in [1.82, 2.24) is 4.98 Å². The van der Waals surface area contributed by atoms with E-state index in [0.717, 1.165) is 40.6 Å². The Morgan fingerprint density at radius 3 is 2.80 bits per heavy atom. The first-order valence-electron chi connectivity index (χ1n) is 6.70. The summed E-state index contributed by atoms with van der Waals surface area (Å²) in [5.41, 5.74) is 4.72. The first kappa shape index (κ1) is 11.3. The summed E-state index contributed by atoms with van der Waals surface area (Å²) in [6.45, 7) is 0. The minimum atomic E-state index is 0.100. The molecule has 2 aromatic carbocycles. The van der Waals surface area contributed by atoms with E-state index in [0.29, 0.717) is 0 Å². The van der Waals surface area contributed by atoms with Gasteiger partial charge in [-0.3, -0.25) is 4.79 Å². The van der Waals surface area contributed by atoms with Crippen LogP contribution in [0.15, 0.2) is 47.3 Å². The molecule has 0 saturated carbocycles. The number of hydrogen-bond donors (Lipinski definition) is 2. The molecule has 3 aromatic rings. The fraction of sp³-hybridized carbons (Fsp3) is 0.118. The highest BCUT2D eigenvalue weighted by Gasteiger charge is 2.20. The summed E-state index contributed by atoms with van der Waals surface area (Å²) < 4.78 is 0. The molecule has 0 unspecified atom stereocenters. The number of hydrogen-bond acceptors (Lipinski definition) is 2. The molecule has 3 heteroatoms. The maximum atomic E-state index is 12.6. The average molecular weight is 263 g/mol. The lowest BCUT2D eigenvalue weighted by atomic mass is 9.88. The Morgan fingerprint density at radius 2 is 1.90 bits per heavy atom. The summed E-state index contributed by atoms with van der Waals surface area (Å²) >= 11 is 0. The normalized spacial score (nSPS) is 13.0. The topological polar surface area (TPSA) is 53.1 Å². The minimum absolute atomic E-state index is 0.100. The van der Waals surface area contributed by atoms with Gasteiger partial charge in [0.15, 0.2) is 5.43 Å². The number of aromatic nitrogens is 1. The van der Waals surface area contributed by atoms with Crippen molar-refractivity contribution in [1.29, 1.82) is 0 Å². The van der Waals surface area contributed by atoms with Crippen LogP contribution in [-0.4, -0.2) is 10.1 Å². The summed E-state index contributed by atoms with van der Waals surface area (Å²) in [6, 6.07) is 12.9. The van der Waals surface area contributed by atoms with E-state index in [2.05, 4.69) is 4.98 Å². The fourth-order valence-corrected chi connectivity index (χ4v) is 3.02. The van der Waals surface area contributed by atoms with E-state index in [-0.39, 0.29) is 11.2 Å². The number of pyridine rings is 1. The predicted molar refractivity (Wildman–Crippen MR) is 79.1 cm³/mol. The van der Waals surface area contributed by atoms with Crippen molar-refractivity contribution in [3.63, 3.8) is 0 Å². The smallest absolute Gasteiger partial charge is 0.193 e. The zero-order chi connectivity index (χ0) is 13.7. The number of aromatic hydroxyl groups is 1. The zero-order valence-corrected chi connectivity index (χ0v) is 10.8. The lowest BCUT2D eigenvalue weighted by Gasteiger charge is -2.20. The number of H-pyrrole nitrogens is 1. The van der Waals surface area contributed by atoms with E-state index in [1.165, 1.54) is 5.56 Å². The number of aromatic amines is 1. The van der Waals surface area contributed by atoms with Gasteiger partial charge in [0.05, 0.1) is 5.69 Å². The number of aryl methyl sites for hydroxylation is 1. The Labute approximate surface area is 115 Å². The van der Waals surface area contributed by atoms with Crippen LogP contribution in [0.25, 0.3) is 22.2 Å². The van der Waals surface area contributed by atoms with E-state index in [9.17, 15) is 9.90 Å². The van der Waals surface area contributed by atoms with Crippen molar-refractivity contribution in [3.8, 4) is 17.0 Å². The Hall–Kier alpha value is -2.55. The molecule has 0 fully saturated rings. The highest BCUT2D eigenvalue weighted by atomic mass is 16.3. The van der Waals surface area contributed by atoms with Crippen LogP contribution in [0, 0.1) is 0 Å². The zero-order valence-electron chi connectivity index (χ0n) is 10.8. The number of phenols is 1. The molecular weight excluding hydrogens is 250 g/mol. The van der Waals surface area contributed by atoms with E-state index in [4.69, 9.17) is 0 Å². The molecule has 0 atom stereocenters. The number of benzene rings is 2. The summed E-state index contributed by atoms with van der Waals surface area (Å²) in [6.07, 6.45) is 1.58. The van der Waals surface area contributed by atoms with E-state index < -0.39 is 0 Å². The molecule has 0 amide bonds. The molecule has 0 spiro atoms. The Bertz CT molecular complexity index is 893. The van der Waals surface area contributed by atoms with Gasteiger partial charge in [-0.05, 0) is 42.7 Å².